The molecule has 0 spiro atoms. The van der Waals surface area contributed by atoms with Crippen LogP contribution in [-0.2, 0) is 96.0 Å². The van der Waals surface area contributed by atoms with E-state index >= 15 is 0 Å². The molecular weight excluding hydrogens is 1590 g/mol. The van der Waals surface area contributed by atoms with E-state index in [9.17, 15) is 123 Å². The molecule has 1 aliphatic heterocycles. The van der Waals surface area contributed by atoms with E-state index in [2.05, 4.69) is 78.8 Å². The van der Waals surface area contributed by atoms with Crippen LogP contribution in [-0.4, -0.2) is 303 Å². The minimum absolute atomic E-state index is 0.0337. The SMILES string of the molecule is CC(C)C[C@H](NC(=O)[C@H](CC(=O)O)NC(=O)[C@H](CO)NC(=O)[C@H](CCCN=C(N)N)NC(=O)[C@@H]1CCCN1C(=O)[C@H](CO)NC(=O)[C@H](Cc1ccccc1)NC(=O)[C@@H](NC(=O)[C@@H](N)Cc1ccc(O)cc1)[C@@H](C)O)C(=O)N[C@@H](C)C(=O)N[C@@H](Cc1cnc[nH]1)C(=O)N[C@@H](CC(C)C)C(=O)N[C@H](C(=O)N[C@H](C(=O)N[C@H](C(=O)O)[C@@H](C)O)[C@@H](C)O)[C@@H](C)O. The second-order valence-corrected chi connectivity index (χ2v) is 30.3. The van der Waals surface area contributed by atoms with Crippen LogP contribution in [0, 0.1) is 11.8 Å². The van der Waals surface area contributed by atoms with Crippen LogP contribution >= 0.6 is 0 Å². The summed E-state index contributed by atoms with van der Waals surface area (Å²) in [6, 6.07) is -11.4. The molecule has 14 amide bonds. The van der Waals surface area contributed by atoms with Crippen molar-refractivity contribution in [3.05, 3.63) is 83.9 Å². The highest BCUT2D eigenvalue weighted by Gasteiger charge is 2.43. The molecule has 670 valence electrons. The summed E-state index contributed by atoms with van der Waals surface area (Å²) in [6.07, 6.45) is -6.44. The zero-order valence-electron chi connectivity index (χ0n) is 68.5. The van der Waals surface area contributed by atoms with E-state index < -0.39 is 235 Å². The zero-order valence-corrected chi connectivity index (χ0v) is 68.5. The lowest BCUT2D eigenvalue weighted by molar-refractivity contribution is -0.146. The number of aliphatic hydroxyl groups is 6. The Morgan fingerprint density at radius 2 is 0.917 bits per heavy atom. The summed E-state index contributed by atoms with van der Waals surface area (Å²) < 4.78 is 0. The maximum atomic E-state index is 14.4. The zero-order chi connectivity index (χ0) is 90.8. The van der Waals surface area contributed by atoms with Gasteiger partial charge in [-0.3, -0.25) is 76.9 Å². The van der Waals surface area contributed by atoms with E-state index in [4.69, 9.17) is 17.2 Å². The van der Waals surface area contributed by atoms with E-state index in [1.54, 1.807) is 58.0 Å². The number of nitrogens with zero attached hydrogens (tertiary/aromatic N) is 3. The Labute approximate surface area is 696 Å². The third-order valence-electron chi connectivity index (χ3n) is 19.0. The van der Waals surface area contributed by atoms with Crippen LogP contribution in [0.1, 0.15) is 124 Å². The highest BCUT2D eigenvalue weighted by atomic mass is 16.4. The maximum absolute atomic E-state index is 14.4. The van der Waals surface area contributed by atoms with Gasteiger partial charge in [0.25, 0.3) is 0 Å². The molecular formula is C76H116N20O25. The number of nitrogens with one attached hydrogen (secondary N) is 14. The normalized spacial score (nSPS) is 17.0. The molecule has 45 nitrogen and oxygen atoms in total. The molecule has 0 saturated carbocycles. The average Bonchev–Trinajstić information content (AvgIpc) is 1.73. The van der Waals surface area contributed by atoms with Crippen molar-refractivity contribution in [2.45, 2.75) is 242 Å². The number of hydrogen-bond acceptors (Lipinski definition) is 26. The highest BCUT2D eigenvalue weighted by Crippen LogP contribution is 2.21. The number of H-pyrrole nitrogens is 1. The Bertz CT molecular complexity index is 4040. The molecule has 0 radical (unpaired) electrons. The molecule has 45 heteroatoms. The number of carbonyl (C=O) groups excluding carboxylic acids is 14. The summed E-state index contributed by atoms with van der Waals surface area (Å²) >= 11 is 0. The van der Waals surface area contributed by atoms with Crippen molar-refractivity contribution in [1.29, 1.82) is 0 Å². The van der Waals surface area contributed by atoms with Crippen LogP contribution in [0.3, 0.4) is 0 Å². The van der Waals surface area contributed by atoms with Crippen LogP contribution in [0.5, 0.6) is 5.75 Å². The largest absolute Gasteiger partial charge is 0.508 e. The molecule has 19 atom stereocenters. The van der Waals surface area contributed by atoms with E-state index in [1.807, 2.05) is 5.32 Å². The molecule has 0 aliphatic carbocycles. The number of imidazole rings is 1. The molecule has 0 unspecified atom stereocenters. The Hall–Kier alpha value is -12.0. The number of nitrogens with two attached hydrogens (primary N) is 3. The van der Waals surface area contributed by atoms with Crippen molar-refractivity contribution in [2.75, 3.05) is 26.3 Å². The first-order valence-electron chi connectivity index (χ1n) is 39.1. The van der Waals surface area contributed by atoms with Gasteiger partial charge in [0.1, 0.15) is 84.3 Å². The molecule has 0 bridgehead atoms. The number of aliphatic imine (C=N–C) groups is 1. The number of guanidine groups is 1. The lowest BCUT2D eigenvalue weighted by Crippen LogP contribution is -2.63. The Kier molecular flexibility index (Phi) is 41.4. The van der Waals surface area contributed by atoms with Crippen LogP contribution in [0.25, 0.3) is 0 Å². The number of carbonyl (C=O) groups is 16. The lowest BCUT2D eigenvalue weighted by Gasteiger charge is -2.30. The average molecular weight is 1710 g/mol. The van der Waals surface area contributed by atoms with Gasteiger partial charge >= 0.3 is 11.9 Å². The third kappa shape index (κ3) is 33.6. The van der Waals surface area contributed by atoms with Gasteiger partial charge in [-0.2, -0.15) is 0 Å². The minimum atomic E-state index is -2.08. The van der Waals surface area contributed by atoms with E-state index in [0.717, 1.165) is 25.7 Å². The summed E-state index contributed by atoms with van der Waals surface area (Å²) in [7, 11) is 0. The number of benzene rings is 2. The van der Waals surface area contributed by atoms with Gasteiger partial charge in [-0.1, -0.05) is 70.2 Å². The second kappa shape index (κ2) is 49.5. The quantitative estimate of drug-likeness (QED) is 0.0142. The van der Waals surface area contributed by atoms with E-state index in [0.29, 0.717) is 11.1 Å². The maximum Gasteiger partial charge on any atom is 0.328 e. The first-order chi connectivity index (χ1) is 56.9. The van der Waals surface area contributed by atoms with Crippen LogP contribution in [0.2, 0.25) is 0 Å². The molecule has 4 rings (SSSR count). The number of carboxylic acid groups (broad SMARTS) is 2. The molecule has 3 aromatic rings. The number of hydrogen-bond donors (Lipinski definition) is 26. The van der Waals surface area contributed by atoms with Crippen molar-refractivity contribution in [1.82, 2.24) is 84.0 Å². The Morgan fingerprint density at radius 1 is 0.488 bits per heavy atom. The molecule has 29 N–H and O–H groups in total. The van der Waals surface area contributed by atoms with Gasteiger partial charge in [-0.05, 0) is 115 Å². The van der Waals surface area contributed by atoms with Gasteiger partial charge < -0.3 is 142 Å². The van der Waals surface area contributed by atoms with Crippen LogP contribution in [0.15, 0.2) is 72.1 Å². The number of aromatic amines is 1. The smallest absolute Gasteiger partial charge is 0.328 e. The van der Waals surface area contributed by atoms with E-state index in [1.165, 1.54) is 50.6 Å². The predicted octanol–water partition coefficient (Wildman–Crippen LogP) is -9.00. The summed E-state index contributed by atoms with van der Waals surface area (Å²) in [5.74, 6) is -20.0. The van der Waals surface area contributed by atoms with E-state index in [-0.39, 0.29) is 94.2 Å². The number of phenols is 1. The first kappa shape index (κ1) is 101. The molecule has 1 fully saturated rings. The fourth-order valence-corrected chi connectivity index (χ4v) is 12.5. The molecule has 2 heterocycles. The molecule has 121 heavy (non-hydrogen) atoms. The van der Waals surface area contributed by atoms with Gasteiger partial charge in [-0.15, -0.1) is 0 Å². The van der Waals surface area contributed by atoms with Gasteiger partial charge in [0.2, 0.25) is 82.7 Å². The van der Waals surface area contributed by atoms with Gasteiger partial charge in [0.15, 0.2) is 12.0 Å². The van der Waals surface area contributed by atoms with Crippen molar-refractivity contribution < 1.29 is 123 Å². The predicted molar refractivity (Wildman–Crippen MR) is 427 cm³/mol. The second-order valence-electron chi connectivity index (χ2n) is 30.3. The summed E-state index contributed by atoms with van der Waals surface area (Å²) in [5, 5.41) is 123. The number of aromatic hydroxyl groups is 1. The van der Waals surface area contributed by atoms with Gasteiger partial charge in [0, 0.05) is 37.8 Å². The van der Waals surface area contributed by atoms with Gasteiger partial charge in [0.05, 0.1) is 56.4 Å². The summed E-state index contributed by atoms with van der Waals surface area (Å²) in [5.41, 5.74) is 18.5. The van der Waals surface area contributed by atoms with Crippen molar-refractivity contribution in [3.8, 4) is 5.75 Å². The highest BCUT2D eigenvalue weighted by molar-refractivity contribution is 6.01. The summed E-state index contributed by atoms with van der Waals surface area (Å²) in [4.78, 5) is 232. The fourth-order valence-electron chi connectivity index (χ4n) is 12.5. The fraction of sp³-hybridized carbons (Fsp3) is 0.579. The van der Waals surface area contributed by atoms with Crippen molar-refractivity contribution in [2.24, 2.45) is 34.0 Å². The number of aromatic nitrogens is 2. The number of amides is 14. The minimum Gasteiger partial charge on any atom is -0.508 e. The number of rotatable bonds is 50. The molecule has 1 aromatic heterocycles. The molecule has 2 aromatic carbocycles. The number of aliphatic hydroxyl groups excluding tert-OH is 6. The number of phenolic OH excluding ortho intramolecular Hbond substituents is 1. The Balaban J connectivity index is 1.51. The molecule has 1 aliphatic rings. The van der Waals surface area contributed by atoms with Crippen molar-refractivity contribution >= 4 is 101 Å². The van der Waals surface area contributed by atoms with Crippen molar-refractivity contribution in [3.63, 3.8) is 0 Å². The number of aliphatic carboxylic acids is 2. The topological polar surface area (TPSA) is 734 Å². The van der Waals surface area contributed by atoms with Crippen LogP contribution in [0.4, 0.5) is 0 Å². The van der Waals surface area contributed by atoms with Crippen LogP contribution < -0.4 is 86.3 Å². The number of likely N-dealkylation sites (tertiary alicyclic amines) is 1. The monoisotopic (exact) mass is 1710 g/mol. The first-order valence-corrected chi connectivity index (χ1v) is 39.1. The Morgan fingerprint density at radius 3 is 1.41 bits per heavy atom. The third-order valence-corrected chi connectivity index (χ3v) is 19.0. The number of carboxylic acids is 2. The molecule has 1 saturated heterocycles. The summed E-state index contributed by atoms with van der Waals surface area (Å²) in [6.45, 7) is 9.61. The lowest BCUT2D eigenvalue weighted by atomic mass is 10.0. The standard InChI is InChI=1S/C76H116N20O25/c1-35(2)25-48(64(109)83-37(5)61(106)85-51(29-44-31-80-34-82-44)66(111)87-49(26-36(3)4)68(113)93-58(39(7)100)72(117)94-59(40(8)101)73(118)95-60(41(9)102)75(120)121)86-67(112)52(30-56(104)105)88-69(114)53(32-97)90-63(108)47(17-13-23-81-76(78)79)84-70(115)55-18-14-24-96(55)74(119)54(33-98)91-65(110)50(28-42-15-11-10-12-16-42)89-71(116)57(38(6)99)92-62(107)46(77)27-43-19-21-45(103)22-20-43/h10-12,15-16,19-22,31,34-41,46-55,57-60,97-103H,13-14,17-18,23-30,32-33,77H2,1-9H3,(H,80,82)(H,83,109)(H,84,115)(H,85,106)(H,86,112)(H,87,111)(H,88,114)(H,89,116)(H,90,108)(H,91,110)(H,92,107)(H,93,113)(H,94,117)(H,95,118)(H,104,105)(H,120,121)(H4,78,79,81)/t37-,38+,39+,40+,41+,46-,47-,48-,49-,50-,51-,52-,53-,54-,55-,57-,58-,59-,60-/m0/s1. The van der Waals surface area contributed by atoms with Gasteiger partial charge in [-0.25, -0.2) is 9.78 Å².